The van der Waals surface area contributed by atoms with E-state index >= 15 is 0 Å². The van der Waals surface area contributed by atoms with Crippen LogP contribution in [0.15, 0.2) is 66.9 Å². The molecule has 3 rings (SSSR count). The molecule has 0 aliphatic heterocycles. The summed E-state index contributed by atoms with van der Waals surface area (Å²) in [6.07, 6.45) is 1.77. The minimum absolute atomic E-state index is 0.336. The average Bonchev–Trinajstić information content (AvgIpc) is 2.62. The van der Waals surface area contributed by atoms with Gasteiger partial charge in [0.2, 0.25) is 0 Å². The first-order chi connectivity index (χ1) is 12.5. The van der Waals surface area contributed by atoms with Gasteiger partial charge >= 0.3 is 6.03 Å². The number of benzene rings is 2. The molecule has 1 heterocycles. The second kappa shape index (κ2) is 7.78. The van der Waals surface area contributed by atoms with Gasteiger partial charge in [0.25, 0.3) is 0 Å². The van der Waals surface area contributed by atoms with Crippen LogP contribution in [-0.2, 0) is 0 Å². The molecule has 26 heavy (non-hydrogen) atoms. The molecule has 0 fully saturated rings. The zero-order valence-electron chi connectivity index (χ0n) is 14.7. The molecule has 2 N–H and O–H groups in total. The number of aryl methyl sites for hydroxylation is 1. The summed E-state index contributed by atoms with van der Waals surface area (Å²) in [5.41, 5.74) is 4.18. The average molecular weight is 349 g/mol. The van der Waals surface area contributed by atoms with Crippen molar-refractivity contribution in [3.05, 3.63) is 83.9 Å². The van der Waals surface area contributed by atoms with E-state index in [4.69, 9.17) is 0 Å². The molecule has 0 saturated carbocycles. The molecular weight excluding hydrogens is 329 g/mol. The molecule has 3 aromatic rings. The number of aromatic nitrogens is 1. The van der Waals surface area contributed by atoms with Gasteiger partial charge in [-0.15, -0.1) is 0 Å². The molecule has 0 bridgehead atoms. The Hall–Kier alpha value is -3.21. The highest BCUT2D eigenvalue weighted by Crippen LogP contribution is 2.22. The maximum atomic E-state index is 13.8. The Bertz CT molecular complexity index is 909. The number of halogens is 1. The third-order valence-corrected chi connectivity index (χ3v) is 4.09. The Labute approximate surface area is 152 Å². The summed E-state index contributed by atoms with van der Waals surface area (Å²) >= 11 is 0. The molecule has 0 spiro atoms. The largest absolute Gasteiger partial charge is 0.331 e. The number of carbonyl (C=O) groups excluding carboxylic acids is 1. The predicted octanol–water partition coefficient (Wildman–Crippen LogP) is 5.08. The number of hydrogen-bond donors (Lipinski definition) is 2. The first-order valence-electron chi connectivity index (χ1n) is 8.38. The minimum Gasteiger partial charge on any atom is -0.331 e. The molecule has 1 atom stereocenters. The first-order valence-corrected chi connectivity index (χ1v) is 8.38. The number of nitrogens with one attached hydrogen (secondary N) is 2. The Morgan fingerprint density at radius 2 is 1.77 bits per heavy atom. The van der Waals surface area contributed by atoms with Crippen molar-refractivity contribution >= 4 is 11.7 Å². The van der Waals surface area contributed by atoms with E-state index in [0.717, 1.165) is 16.8 Å². The maximum Gasteiger partial charge on any atom is 0.319 e. The van der Waals surface area contributed by atoms with E-state index < -0.39 is 6.04 Å². The first kappa shape index (κ1) is 17.6. The zero-order chi connectivity index (χ0) is 18.5. The lowest BCUT2D eigenvalue weighted by Crippen LogP contribution is -2.31. The molecule has 2 aromatic carbocycles. The topological polar surface area (TPSA) is 54.0 Å². The van der Waals surface area contributed by atoms with Gasteiger partial charge in [-0.1, -0.05) is 30.3 Å². The molecular formula is C21H20FN3O. The number of anilines is 1. The molecule has 2 amide bonds. The third kappa shape index (κ3) is 4.25. The van der Waals surface area contributed by atoms with Crippen molar-refractivity contribution < 1.29 is 9.18 Å². The maximum absolute atomic E-state index is 13.8. The SMILES string of the molecule is Cc1cc(-c2ccc(NC(=O)N[C@@H](C)c3ccccc3F)cc2)ccn1. The van der Waals surface area contributed by atoms with Crippen LogP contribution in [0.4, 0.5) is 14.9 Å². The summed E-state index contributed by atoms with van der Waals surface area (Å²) in [6, 6.07) is 17.1. The summed E-state index contributed by atoms with van der Waals surface area (Å²) in [4.78, 5) is 16.3. The van der Waals surface area contributed by atoms with E-state index in [9.17, 15) is 9.18 Å². The number of pyridine rings is 1. The summed E-state index contributed by atoms with van der Waals surface area (Å²) in [5, 5.41) is 5.51. The number of amides is 2. The van der Waals surface area contributed by atoms with Crippen molar-refractivity contribution in [2.45, 2.75) is 19.9 Å². The van der Waals surface area contributed by atoms with Gasteiger partial charge in [-0.2, -0.15) is 0 Å². The number of carbonyl (C=O) groups is 1. The van der Waals surface area contributed by atoms with Crippen LogP contribution in [0.25, 0.3) is 11.1 Å². The smallest absolute Gasteiger partial charge is 0.319 e. The second-order valence-corrected chi connectivity index (χ2v) is 6.10. The van der Waals surface area contributed by atoms with Crippen molar-refractivity contribution in [3.8, 4) is 11.1 Å². The van der Waals surface area contributed by atoms with Crippen molar-refractivity contribution in [2.75, 3.05) is 5.32 Å². The molecule has 0 saturated heterocycles. The number of rotatable bonds is 4. The van der Waals surface area contributed by atoms with Crippen molar-refractivity contribution in [1.82, 2.24) is 10.3 Å². The Balaban J connectivity index is 1.64. The summed E-state index contributed by atoms with van der Waals surface area (Å²) in [7, 11) is 0. The van der Waals surface area contributed by atoms with Gasteiger partial charge in [-0.25, -0.2) is 9.18 Å². The highest BCUT2D eigenvalue weighted by Gasteiger charge is 2.13. The summed E-state index contributed by atoms with van der Waals surface area (Å²) in [5.74, 6) is -0.336. The quantitative estimate of drug-likeness (QED) is 0.690. The van der Waals surface area contributed by atoms with Crippen molar-refractivity contribution in [1.29, 1.82) is 0 Å². The van der Waals surface area contributed by atoms with Gasteiger partial charge in [-0.3, -0.25) is 4.98 Å². The fourth-order valence-corrected chi connectivity index (χ4v) is 2.74. The Kier molecular flexibility index (Phi) is 5.27. The summed E-state index contributed by atoms with van der Waals surface area (Å²) < 4.78 is 13.8. The number of hydrogen-bond acceptors (Lipinski definition) is 2. The van der Waals surface area contributed by atoms with Gasteiger partial charge in [0.05, 0.1) is 6.04 Å². The number of urea groups is 1. The monoisotopic (exact) mass is 349 g/mol. The van der Waals surface area contributed by atoms with Crippen LogP contribution < -0.4 is 10.6 Å². The minimum atomic E-state index is -0.435. The lowest BCUT2D eigenvalue weighted by molar-refractivity contribution is 0.249. The fraction of sp³-hybridized carbons (Fsp3) is 0.143. The van der Waals surface area contributed by atoms with E-state index in [1.165, 1.54) is 6.07 Å². The van der Waals surface area contributed by atoms with Crippen LogP contribution in [0.2, 0.25) is 0 Å². The zero-order valence-corrected chi connectivity index (χ0v) is 14.7. The molecule has 0 aliphatic carbocycles. The predicted molar refractivity (Wildman–Crippen MR) is 101 cm³/mol. The van der Waals surface area contributed by atoms with Gasteiger partial charge in [-0.05, 0) is 55.3 Å². The molecule has 1 aromatic heterocycles. The third-order valence-electron chi connectivity index (χ3n) is 4.09. The van der Waals surface area contributed by atoms with Crippen molar-refractivity contribution in [3.63, 3.8) is 0 Å². The summed E-state index contributed by atoms with van der Waals surface area (Å²) in [6.45, 7) is 3.69. The Morgan fingerprint density at radius 1 is 1.04 bits per heavy atom. The normalized spacial score (nSPS) is 11.7. The van der Waals surface area contributed by atoms with Gasteiger partial charge in [0.15, 0.2) is 0 Å². The van der Waals surface area contributed by atoms with Crippen LogP contribution in [-0.4, -0.2) is 11.0 Å². The highest BCUT2D eigenvalue weighted by molar-refractivity contribution is 5.89. The lowest BCUT2D eigenvalue weighted by Gasteiger charge is -2.16. The van der Waals surface area contributed by atoms with Gasteiger partial charge in [0, 0.05) is 23.1 Å². The van der Waals surface area contributed by atoms with E-state index in [2.05, 4.69) is 15.6 Å². The van der Waals surface area contributed by atoms with Crippen LogP contribution in [0.1, 0.15) is 24.2 Å². The Morgan fingerprint density at radius 3 is 2.46 bits per heavy atom. The van der Waals surface area contributed by atoms with Crippen LogP contribution in [0.3, 0.4) is 0 Å². The highest BCUT2D eigenvalue weighted by atomic mass is 19.1. The van der Waals surface area contributed by atoms with Gasteiger partial charge < -0.3 is 10.6 Å². The molecule has 132 valence electrons. The van der Waals surface area contributed by atoms with E-state index in [1.807, 2.05) is 43.3 Å². The molecule has 0 unspecified atom stereocenters. The van der Waals surface area contributed by atoms with Crippen molar-refractivity contribution in [2.24, 2.45) is 0 Å². The van der Waals surface area contributed by atoms with Crippen LogP contribution in [0.5, 0.6) is 0 Å². The number of nitrogens with zero attached hydrogens (tertiary/aromatic N) is 1. The molecule has 5 heteroatoms. The fourth-order valence-electron chi connectivity index (χ4n) is 2.74. The second-order valence-electron chi connectivity index (χ2n) is 6.10. The molecule has 0 aliphatic rings. The lowest BCUT2D eigenvalue weighted by atomic mass is 10.1. The van der Waals surface area contributed by atoms with E-state index in [-0.39, 0.29) is 11.8 Å². The molecule has 0 radical (unpaired) electrons. The van der Waals surface area contributed by atoms with E-state index in [1.54, 1.807) is 31.3 Å². The standard InChI is InChI=1S/C21H20FN3O/c1-14-13-17(11-12-23-14)16-7-9-18(10-8-16)25-21(26)24-15(2)19-5-3-4-6-20(19)22/h3-13,15H,1-2H3,(H2,24,25,26)/t15-/m0/s1. The van der Waals surface area contributed by atoms with Crippen LogP contribution in [0, 0.1) is 12.7 Å². The van der Waals surface area contributed by atoms with Gasteiger partial charge in [0.1, 0.15) is 5.82 Å². The van der Waals surface area contributed by atoms with E-state index in [0.29, 0.717) is 11.3 Å². The van der Waals surface area contributed by atoms with Crippen LogP contribution >= 0.6 is 0 Å². The molecule has 4 nitrogen and oxygen atoms in total.